The quantitative estimate of drug-likeness (QED) is 0.793. The number of rotatable bonds is 3. The van der Waals surface area contributed by atoms with Crippen LogP contribution < -0.4 is 10.1 Å². The smallest absolute Gasteiger partial charge is 0.120 e. The molecule has 1 aliphatic heterocycles. The summed E-state index contributed by atoms with van der Waals surface area (Å²) in [6, 6.07) is 20.7. The van der Waals surface area contributed by atoms with E-state index in [1.807, 2.05) is 30.3 Å². The van der Waals surface area contributed by atoms with Crippen LogP contribution in [0.15, 0.2) is 60.7 Å². The Hall–Kier alpha value is -2.39. The van der Waals surface area contributed by atoms with Crippen LogP contribution in [0.4, 0.5) is 0 Å². The van der Waals surface area contributed by atoms with Gasteiger partial charge in [0.05, 0.1) is 11.2 Å². The van der Waals surface area contributed by atoms with Crippen LogP contribution in [0.25, 0.3) is 22.2 Å². The van der Waals surface area contributed by atoms with E-state index in [0.717, 1.165) is 48.5 Å². The summed E-state index contributed by atoms with van der Waals surface area (Å²) >= 11 is 0. The third kappa shape index (κ3) is 3.20. The van der Waals surface area contributed by atoms with E-state index < -0.39 is 0 Å². The molecule has 0 saturated carbocycles. The van der Waals surface area contributed by atoms with Gasteiger partial charge in [-0.25, -0.2) is 4.98 Å². The summed E-state index contributed by atoms with van der Waals surface area (Å²) in [7, 11) is 0. The topological polar surface area (TPSA) is 34.1 Å². The molecule has 116 valence electrons. The number of ether oxygens (including phenoxy) is 1. The highest BCUT2D eigenvalue weighted by molar-refractivity contribution is 5.81. The molecule has 0 bridgehead atoms. The molecular weight excluding hydrogens is 284 g/mol. The maximum atomic E-state index is 6.14. The highest BCUT2D eigenvalue weighted by atomic mass is 16.5. The number of hydrogen-bond acceptors (Lipinski definition) is 3. The number of para-hydroxylation sites is 1. The molecule has 1 N–H and O–H groups in total. The fourth-order valence-corrected chi connectivity index (χ4v) is 3.06. The molecule has 2 heterocycles. The van der Waals surface area contributed by atoms with Gasteiger partial charge in [-0.05, 0) is 50.2 Å². The molecule has 0 amide bonds. The standard InChI is InChI=1S/C20H20N2O/c1-2-7-19-15(4-1)8-9-20(22-19)16-5-3-6-18(14-16)23-17-10-12-21-13-11-17/h1-9,14,17,21H,10-13H2. The molecule has 1 aromatic heterocycles. The Kier molecular flexibility index (Phi) is 3.95. The van der Waals surface area contributed by atoms with E-state index >= 15 is 0 Å². The van der Waals surface area contributed by atoms with E-state index in [-0.39, 0.29) is 0 Å². The van der Waals surface area contributed by atoms with Crippen LogP contribution in [-0.4, -0.2) is 24.2 Å². The van der Waals surface area contributed by atoms with Crippen LogP contribution in [0.5, 0.6) is 5.75 Å². The van der Waals surface area contributed by atoms with Gasteiger partial charge in [-0.3, -0.25) is 0 Å². The van der Waals surface area contributed by atoms with Crippen LogP contribution in [0.2, 0.25) is 0 Å². The Balaban J connectivity index is 1.61. The van der Waals surface area contributed by atoms with E-state index in [0.29, 0.717) is 6.10 Å². The van der Waals surface area contributed by atoms with Gasteiger partial charge in [0.15, 0.2) is 0 Å². The van der Waals surface area contributed by atoms with Gasteiger partial charge in [-0.15, -0.1) is 0 Å². The van der Waals surface area contributed by atoms with Crippen molar-refractivity contribution in [3.63, 3.8) is 0 Å². The van der Waals surface area contributed by atoms with Crippen LogP contribution in [0.1, 0.15) is 12.8 Å². The molecule has 0 aliphatic carbocycles. The molecule has 0 radical (unpaired) electrons. The average molecular weight is 304 g/mol. The molecule has 4 rings (SSSR count). The minimum atomic E-state index is 0.316. The highest BCUT2D eigenvalue weighted by Gasteiger charge is 2.14. The highest BCUT2D eigenvalue weighted by Crippen LogP contribution is 2.26. The first kappa shape index (κ1) is 14.2. The van der Waals surface area contributed by atoms with Crippen molar-refractivity contribution in [3.05, 3.63) is 60.7 Å². The van der Waals surface area contributed by atoms with E-state index in [1.165, 1.54) is 5.39 Å². The van der Waals surface area contributed by atoms with E-state index in [2.05, 4.69) is 35.6 Å². The monoisotopic (exact) mass is 304 g/mol. The Labute approximate surface area is 136 Å². The second-order valence-corrected chi connectivity index (χ2v) is 5.98. The molecule has 2 aromatic carbocycles. The normalized spacial score (nSPS) is 15.7. The summed E-state index contributed by atoms with van der Waals surface area (Å²) in [4.78, 5) is 4.77. The van der Waals surface area contributed by atoms with Crippen molar-refractivity contribution in [2.75, 3.05) is 13.1 Å². The van der Waals surface area contributed by atoms with Gasteiger partial charge < -0.3 is 10.1 Å². The maximum absolute atomic E-state index is 6.14. The molecule has 0 atom stereocenters. The predicted molar refractivity (Wildman–Crippen MR) is 93.7 cm³/mol. The van der Waals surface area contributed by atoms with Gasteiger partial charge in [0.1, 0.15) is 11.9 Å². The van der Waals surface area contributed by atoms with E-state index in [4.69, 9.17) is 9.72 Å². The number of aromatic nitrogens is 1. The Morgan fingerprint density at radius 1 is 0.913 bits per heavy atom. The molecule has 0 spiro atoms. The summed E-state index contributed by atoms with van der Waals surface area (Å²) in [6.07, 6.45) is 2.45. The van der Waals surface area contributed by atoms with Crippen LogP contribution in [0.3, 0.4) is 0 Å². The molecule has 0 unspecified atom stereocenters. The molecule has 3 nitrogen and oxygen atoms in total. The molecule has 23 heavy (non-hydrogen) atoms. The van der Waals surface area contributed by atoms with Gasteiger partial charge in [0.2, 0.25) is 0 Å². The first-order valence-corrected chi connectivity index (χ1v) is 8.22. The molecule has 1 fully saturated rings. The Morgan fingerprint density at radius 3 is 2.70 bits per heavy atom. The van der Waals surface area contributed by atoms with Gasteiger partial charge in [0, 0.05) is 10.9 Å². The minimum Gasteiger partial charge on any atom is -0.490 e. The first-order valence-electron chi connectivity index (χ1n) is 8.22. The molecule has 1 saturated heterocycles. The van der Waals surface area contributed by atoms with E-state index in [1.54, 1.807) is 0 Å². The summed E-state index contributed by atoms with van der Waals surface area (Å²) in [6.45, 7) is 2.08. The second kappa shape index (κ2) is 6.39. The third-order valence-electron chi connectivity index (χ3n) is 4.32. The van der Waals surface area contributed by atoms with Crippen molar-refractivity contribution < 1.29 is 4.74 Å². The minimum absolute atomic E-state index is 0.316. The first-order chi connectivity index (χ1) is 11.4. The molecular formula is C20H20N2O. The summed E-state index contributed by atoms with van der Waals surface area (Å²) in [5.41, 5.74) is 3.11. The number of benzene rings is 2. The van der Waals surface area contributed by atoms with Gasteiger partial charge in [-0.1, -0.05) is 36.4 Å². The van der Waals surface area contributed by atoms with Crippen molar-refractivity contribution in [3.8, 4) is 17.0 Å². The lowest BCUT2D eigenvalue weighted by Crippen LogP contribution is -2.34. The zero-order valence-corrected chi connectivity index (χ0v) is 13.0. The molecule has 3 aromatic rings. The summed E-state index contributed by atoms with van der Waals surface area (Å²) < 4.78 is 6.14. The lowest BCUT2D eigenvalue weighted by molar-refractivity contribution is 0.162. The number of nitrogens with one attached hydrogen (secondary N) is 1. The fraction of sp³-hybridized carbons (Fsp3) is 0.250. The van der Waals surface area contributed by atoms with Crippen LogP contribution in [-0.2, 0) is 0 Å². The Bertz CT molecular complexity index is 809. The van der Waals surface area contributed by atoms with E-state index in [9.17, 15) is 0 Å². The van der Waals surface area contributed by atoms with Crippen molar-refractivity contribution in [2.45, 2.75) is 18.9 Å². The number of nitrogens with zero attached hydrogens (tertiary/aromatic N) is 1. The number of piperidine rings is 1. The second-order valence-electron chi connectivity index (χ2n) is 5.98. The lowest BCUT2D eigenvalue weighted by atomic mass is 10.1. The van der Waals surface area contributed by atoms with Gasteiger partial charge in [-0.2, -0.15) is 0 Å². The number of fused-ring (bicyclic) bond motifs is 1. The van der Waals surface area contributed by atoms with Gasteiger partial charge in [0.25, 0.3) is 0 Å². The number of hydrogen-bond donors (Lipinski definition) is 1. The van der Waals surface area contributed by atoms with Crippen molar-refractivity contribution in [1.82, 2.24) is 10.3 Å². The van der Waals surface area contributed by atoms with Crippen molar-refractivity contribution in [1.29, 1.82) is 0 Å². The fourth-order valence-electron chi connectivity index (χ4n) is 3.06. The van der Waals surface area contributed by atoms with Gasteiger partial charge >= 0.3 is 0 Å². The zero-order chi connectivity index (χ0) is 15.5. The van der Waals surface area contributed by atoms with Crippen molar-refractivity contribution >= 4 is 10.9 Å². The molecule has 3 heteroatoms. The summed E-state index contributed by atoms with van der Waals surface area (Å²) in [5, 5.41) is 4.53. The predicted octanol–water partition coefficient (Wildman–Crippen LogP) is 4.03. The SMILES string of the molecule is c1cc(OC2CCNCC2)cc(-c2ccc3ccccc3n2)c1. The lowest BCUT2D eigenvalue weighted by Gasteiger charge is -2.24. The average Bonchev–Trinajstić information content (AvgIpc) is 2.62. The van der Waals surface area contributed by atoms with Crippen molar-refractivity contribution in [2.24, 2.45) is 0 Å². The largest absolute Gasteiger partial charge is 0.490 e. The molecule has 1 aliphatic rings. The summed E-state index contributed by atoms with van der Waals surface area (Å²) in [5.74, 6) is 0.935. The number of pyridine rings is 1. The Morgan fingerprint density at radius 2 is 1.78 bits per heavy atom. The zero-order valence-electron chi connectivity index (χ0n) is 13.0. The van der Waals surface area contributed by atoms with Crippen LogP contribution >= 0.6 is 0 Å². The maximum Gasteiger partial charge on any atom is 0.120 e. The third-order valence-corrected chi connectivity index (χ3v) is 4.32. The van der Waals surface area contributed by atoms with Crippen LogP contribution in [0, 0.1) is 0 Å².